The van der Waals surface area contributed by atoms with E-state index < -0.39 is 11.4 Å². The zero-order chi connectivity index (χ0) is 25.1. The van der Waals surface area contributed by atoms with Crippen LogP contribution in [-0.4, -0.2) is 32.2 Å². The Hall–Kier alpha value is -4.47. The molecular weight excluding hydrogens is 463 g/mol. The number of anilines is 3. The average Bonchev–Trinajstić information content (AvgIpc) is 3.62. The molecule has 2 aromatic heterocycles. The van der Waals surface area contributed by atoms with E-state index in [1.54, 1.807) is 24.4 Å². The van der Waals surface area contributed by atoms with Crippen molar-refractivity contribution in [2.75, 3.05) is 22.9 Å². The van der Waals surface area contributed by atoms with Gasteiger partial charge in [0, 0.05) is 53.7 Å². The lowest BCUT2D eigenvalue weighted by Crippen LogP contribution is -2.21. The molecule has 36 heavy (non-hydrogen) atoms. The number of fused-ring (bicyclic) bond motifs is 2. The van der Waals surface area contributed by atoms with Gasteiger partial charge in [0.15, 0.2) is 0 Å². The van der Waals surface area contributed by atoms with Crippen LogP contribution in [0.25, 0.3) is 22.0 Å². The summed E-state index contributed by atoms with van der Waals surface area (Å²) in [6.45, 7) is 1.13. The SMILES string of the molecule is Nc1ncc(CN2CCc3cc(-c4ccc5c(=O)c(C(=O)O)cn(C6CC6)c5c4)c(F)cc32)c(N)n1. The first-order valence-electron chi connectivity index (χ1n) is 11.7. The first-order valence-corrected chi connectivity index (χ1v) is 11.7. The van der Waals surface area contributed by atoms with E-state index in [2.05, 4.69) is 9.97 Å². The van der Waals surface area contributed by atoms with E-state index in [0.29, 0.717) is 40.9 Å². The number of pyridine rings is 1. The Morgan fingerprint density at radius 3 is 2.72 bits per heavy atom. The number of hydrogen-bond donors (Lipinski definition) is 3. The average molecular weight is 487 g/mol. The standard InChI is InChI=1S/C26H23FN6O3/c27-20-9-21-14(5-6-32(21)11-15-10-30-26(29)31-24(15)28)7-18(20)13-1-4-17-22(8-13)33(16-2-3-16)12-19(23(17)34)25(35)36/h1,4,7-10,12,16H,2-3,5-6,11H2,(H,35,36)(H4,28,29,30,31). The molecule has 9 nitrogen and oxygen atoms in total. The summed E-state index contributed by atoms with van der Waals surface area (Å²) in [6, 6.07) is 8.57. The highest BCUT2D eigenvalue weighted by Gasteiger charge is 2.28. The van der Waals surface area contributed by atoms with Crippen molar-refractivity contribution in [2.24, 2.45) is 0 Å². The predicted molar refractivity (Wildman–Crippen MR) is 134 cm³/mol. The minimum atomic E-state index is -1.25. The van der Waals surface area contributed by atoms with Crippen molar-refractivity contribution >= 4 is 34.3 Å². The highest BCUT2D eigenvalue weighted by atomic mass is 19.1. The number of aromatic nitrogens is 3. The van der Waals surface area contributed by atoms with Crippen LogP contribution in [0.3, 0.4) is 0 Å². The molecule has 1 aliphatic heterocycles. The second-order valence-corrected chi connectivity index (χ2v) is 9.32. The monoisotopic (exact) mass is 486 g/mol. The summed E-state index contributed by atoms with van der Waals surface area (Å²) in [7, 11) is 0. The summed E-state index contributed by atoms with van der Waals surface area (Å²) in [5, 5.41) is 9.79. The van der Waals surface area contributed by atoms with E-state index >= 15 is 4.39 Å². The van der Waals surface area contributed by atoms with Gasteiger partial charge < -0.3 is 26.0 Å². The van der Waals surface area contributed by atoms with E-state index in [1.807, 2.05) is 15.5 Å². The van der Waals surface area contributed by atoms with E-state index in [-0.39, 0.29) is 23.4 Å². The molecule has 0 saturated heterocycles. The van der Waals surface area contributed by atoms with Gasteiger partial charge in [0.05, 0.1) is 5.52 Å². The number of hydrogen-bond acceptors (Lipinski definition) is 7. The van der Waals surface area contributed by atoms with Crippen molar-refractivity contribution in [3.63, 3.8) is 0 Å². The van der Waals surface area contributed by atoms with Gasteiger partial charge in [0.1, 0.15) is 17.2 Å². The third-order valence-electron chi connectivity index (χ3n) is 6.95. The zero-order valence-electron chi connectivity index (χ0n) is 19.2. The number of benzene rings is 2. The Morgan fingerprint density at radius 1 is 1.19 bits per heavy atom. The molecule has 2 aromatic carbocycles. The lowest BCUT2D eigenvalue weighted by molar-refractivity contribution is 0.0695. The molecule has 1 saturated carbocycles. The molecule has 3 heterocycles. The number of carboxylic acids is 1. The number of carbonyl (C=O) groups is 1. The normalized spacial score (nSPS) is 14.9. The Balaban J connectivity index is 1.40. The van der Waals surface area contributed by atoms with Crippen molar-refractivity contribution in [3.05, 3.63) is 75.5 Å². The maximum Gasteiger partial charge on any atom is 0.341 e. The minimum Gasteiger partial charge on any atom is -0.477 e. The fraction of sp³-hybridized carbons (Fsp3) is 0.231. The lowest BCUT2D eigenvalue weighted by Gasteiger charge is -2.20. The summed E-state index contributed by atoms with van der Waals surface area (Å²) in [4.78, 5) is 34.4. The molecule has 1 fully saturated rings. The van der Waals surface area contributed by atoms with Gasteiger partial charge in [-0.05, 0) is 54.7 Å². The summed E-state index contributed by atoms with van der Waals surface area (Å²) in [6.07, 6.45) is 5.56. The molecular formula is C26H23FN6O3. The van der Waals surface area contributed by atoms with E-state index in [4.69, 9.17) is 11.5 Å². The van der Waals surface area contributed by atoms with Crippen LogP contribution in [0.5, 0.6) is 0 Å². The summed E-state index contributed by atoms with van der Waals surface area (Å²) >= 11 is 0. The second-order valence-electron chi connectivity index (χ2n) is 9.32. The molecule has 10 heteroatoms. The van der Waals surface area contributed by atoms with Crippen LogP contribution in [0.2, 0.25) is 0 Å². The van der Waals surface area contributed by atoms with Crippen LogP contribution in [0, 0.1) is 5.82 Å². The van der Waals surface area contributed by atoms with Gasteiger partial charge >= 0.3 is 5.97 Å². The minimum absolute atomic E-state index is 0.107. The smallest absolute Gasteiger partial charge is 0.341 e. The number of halogens is 1. The van der Waals surface area contributed by atoms with Gasteiger partial charge in [-0.1, -0.05) is 6.07 Å². The molecule has 182 valence electrons. The third kappa shape index (κ3) is 3.62. The van der Waals surface area contributed by atoms with Crippen molar-refractivity contribution < 1.29 is 14.3 Å². The molecule has 0 amide bonds. The number of carboxylic acid groups (broad SMARTS) is 1. The van der Waals surface area contributed by atoms with Crippen molar-refractivity contribution in [1.82, 2.24) is 14.5 Å². The Morgan fingerprint density at radius 2 is 2.00 bits per heavy atom. The molecule has 0 unspecified atom stereocenters. The molecule has 0 radical (unpaired) electrons. The Labute approximate surface area is 204 Å². The van der Waals surface area contributed by atoms with Gasteiger partial charge in [-0.3, -0.25) is 4.79 Å². The van der Waals surface area contributed by atoms with Crippen LogP contribution in [0.4, 0.5) is 21.8 Å². The van der Waals surface area contributed by atoms with Gasteiger partial charge in [-0.2, -0.15) is 4.98 Å². The van der Waals surface area contributed by atoms with Gasteiger partial charge in [-0.25, -0.2) is 14.2 Å². The van der Waals surface area contributed by atoms with E-state index in [1.165, 1.54) is 12.3 Å². The maximum absolute atomic E-state index is 15.5. The quantitative estimate of drug-likeness (QED) is 0.390. The van der Waals surface area contributed by atoms with Gasteiger partial charge in [-0.15, -0.1) is 0 Å². The lowest BCUT2D eigenvalue weighted by atomic mass is 9.99. The van der Waals surface area contributed by atoms with Crippen LogP contribution >= 0.6 is 0 Å². The molecule has 0 atom stereocenters. The van der Waals surface area contributed by atoms with Crippen molar-refractivity contribution in [2.45, 2.75) is 31.8 Å². The summed E-state index contributed by atoms with van der Waals surface area (Å²) in [5.41, 5.74) is 15.0. The molecule has 6 rings (SSSR count). The molecule has 1 aliphatic carbocycles. The first-order chi connectivity index (χ1) is 17.3. The van der Waals surface area contributed by atoms with Crippen LogP contribution in [0.1, 0.15) is 40.4 Å². The first kappa shape index (κ1) is 22.0. The van der Waals surface area contributed by atoms with Crippen molar-refractivity contribution in [3.8, 4) is 11.1 Å². The second kappa shape index (κ2) is 8.04. The Bertz CT molecular complexity index is 1630. The number of rotatable bonds is 5. The number of nitrogen functional groups attached to an aromatic ring is 2. The molecule has 5 N–H and O–H groups in total. The van der Waals surface area contributed by atoms with Crippen molar-refractivity contribution in [1.29, 1.82) is 0 Å². The fourth-order valence-corrected chi connectivity index (χ4v) is 4.95. The molecule has 4 aromatic rings. The topological polar surface area (TPSA) is 140 Å². The molecule has 0 bridgehead atoms. The highest BCUT2D eigenvalue weighted by Crippen LogP contribution is 2.39. The van der Waals surface area contributed by atoms with E-state index in [0.717, 1.165) is 36.1 Å². The van der Waals surface area contributed by atoms with Gasteiger partial charge in [0.25, 0.3) is 0 Å². The van der Waals surface area contributed by atoms with E-state index in [9.17, 15) is 14.7 Å². The highest BCUT2D eigenvalue weighted by molar-refractivity contribution is 5.94. The number of nitrogens with two attached hydrogens (primary N) is 2. The van der Waals surface area contributed by atoms with Crippen LogP contribution in [-0.2, 0) is 13.0 Å². The number of nitrogens with zero attached hydrogens (tertiary/aromatic N) is 4. The zero-order valence-corrected chi connectivity index (χ0v) is 19.2. The van der Waals surface area contributed by atoms with Crippen LogP contribution < -0.4 is 21.8 Å². The predicted octanol–water partition coefficient (Wildman–Crippen LogP) is 3.36. The van der Waals surface area contributed by atoms with Gasteiger partial charge in [0.2, 0.25) is 11.4 Å². The molecule has 2 aliphatic rings. The fourth-order valence-electron chi connectivity index (χ4n) is 4.95. The molecule has 0 spiro atoms. The maximum atomic E-state index is 15.5. The summed E-state index contributed by atoms with van der Waals surface area (Å²) in [5.74, 6) is -1.22. The largest absolute Gasteiger partial charge is 0.477 e. The van der Waals surface area contributed by atoms with Crippen LogP contribution in [0.15, 0.2) is 47.5 Å². The summed E-state index contributed by atoms with van der Waals surface area (Å²) < 4.78 is 17.3. The number of aromatic carboxylic acids is 1. The Kier molecular flexibility index (Phi) is 4.92. The third-order valence-corrected chi connectivity index (χ3v) is 6.95.